The van der Waals surface area contributed by atoms with Gasteiger partial charge in [0.1, 0.15) is 5.69 Å². The lowest BCUT2D eigenvalue weighted by molar-refractivity contribution is 0.0796. The second kappa shape index (κ2) is 5.53. The number of anilines is 1. The molecule has 1 unspecified atom stereocenters. The van der Waals surface area contributed by atoms with Gasteiger partial charge in [-0.3, -0.25) is 4.79 Å². The Labute approximate surface area is 93.7 Å². The van der Waals surface area contributed by atoms with E-state index < -0.39 is 6.10 Å². The molecule has 0 fully saturated rings. The van der Waals surface area contributed by atoms with Crippen molar-refractivity contribution in [1.29, 1.82) is 0 Å². The van der Waals surface area contributed by atoms with E-state index in [1.807, 2.05) is 6.92 Å². The van der Waals surface area contributed by atoms with E-state index in [9.17, 15) is 4.79 Å². The Kier molecular flexibility index (Phi) is 4.33. The molecule has 6 nitrogen and oxygen atoms in total. The quantitative estimate of drug-likeness (QED) is 0.527. The standard InChI is InChI=1S/C10H17N3O3/c1-2-13-5-7(11)3-9(13)10(16)12-4-8(15)6-14/h3,5,8,14-15H,2,4,6,11H2,1H3,(H,12,16). The molecule has 90 valence electrons. The summed E-state index contributed by atoms with van der Waals surface area (Å²) in [4.78, 5) is 11.7. The van der Waals surface area contributed by atoms with Crippen LogP contribution < -0.4 is 11.1 Å². The molecular formula is C10H17N3O3. The number of aliphatic hydroxyl groups is 2. The number of nitrogens with two attached hydrogens (primary N) is 1. The number of aromatic nitrogens is 1. The molecule has 0 saturated heterocycles. The first-order valence-electron chi connectivity index (χ1n) is 5.11. The number of carbonyl (C=O) groups excluding carboxylic acids is 1. The summed E-state index contributed by atoms with van der Waals surface area (Å²) in [7, 11) is 0. The predicted octanol–water partition coefficient (Wildman–Crippen LogP) is -0.827. The number of hydrogen-bond donors (Lipinski definition) is 4. The number of aryl methyl sites for hydroxylation is 1. The van der Waals surface area contributed by atoms with Gasteiger partial charge in [0.05, 0.1) is 18.4 Å². The molecule has 16 heavy (non-hydrogen) atoms. The number of hydrogen-bond acceptors (Lipinski definition) is 4. The summed E-state index contributed by atoms with van der Waals surface area (Å²) in [5.74, 6) is -0.314. The zero-order valence-corrected chi connectivity index (χ0v) is 9.18. The molecule has 5 N–H and O–H groups in total. The van der Waals surface area contributed by atoms with Crippen LogP contribution in [-0.2, 0) is 6.54 Å². The van der Waals surface area contributed by atoms with Crippen LogP contribution in [-0.4, -0.2) is 39.9 Å². The minimum atomic E-state index is -0.939. The van der Waals surface area contributed by atoms with Crippen LogP contribution >= 0.6 is 0 Å². The molecule has 0 aliphatic rings. The molecular weight excluding hydrogens is 210 g/mol. The normalized spacial score (nSPS) is 12.4. The summed E-state index contributed by atoms with van der Waals surface area (Å²) in [5.41, 5.74) is 6.56. The van der Waals surface area contributed by atoms with Crippen molar-refractivity contribution in [1.82, 2.24) is 9.88 Å². The third kappa shape index (κ3) is 2.98. The summed E-state index contributed by atoms with van der Waals surface area (Å²) in [6.07, 6.45) is 0.739. The highest BCUT2D eigenvalue weighted by molar-refractivity contribution is 5.93. The zero-order chi connectivity index (χ0) is 12.1. The lowest BCUT2D eigenvalue weighted by Gasteiger charge is -2.10. The van der Waals surface area contributed by atoms with Crippen LogP contribution in [0, 0.1) is 0 Å². The van der Waals surface area contributed by atoms with Gasteiger partial charge in [0, 0.05) is 19.3 Å². The Morgan fingerprint density at radius 3 is 2.94 bits per heavy atom. The monoisotopic (exact) mass is 227 g/mol. The van der Waals surface area contributed by atoms with Crippen molar-refractivity contribution >= 4 is 11.6 Å². The maximum absolute atomic E-state index is 11.7. The number of amides is 1. The molecule has 1 aromatic heterocycles. The molecule has 0 radical (unpaired) electrons. The van der Waals surface area contributed by atoms with Crippen molar-refractivity contribution in [2.75, 3.05) is 18.9 Å². The molecule has 1 aromatic rings. The van der Waals surface area contributed by atoms with Crippen molar-refractivity contribution in [2.24, 2.45) is 0 Å². The van der Waals surface area contributed by atoms with Gasteiger partial charge in [-0.15, -0.1) is 0 Å². The number of carbonyl (C=O) groups is 1. The molecule has 0 saturated carbocycles. The molecule has 1 heterocycles. The first-order valence-corrected chi connectivity index (χ1v) is 5.11. The maximum atomic E-state index is 11.7. The van der Waals surface area contributed by atoms with Gasteiger partial charge < -0.3 is 25.8 Å². The summed E-state index contributed by atoms with van der Waals surface area (Å²) in [6.45, 7) is 2.18. The Morgan fingerprint density at radius 1 is 1.69 bits per heavy atom. The fourth-order valence-electron chi connectivity index (χ4n) is 1.35. The van der Waals surface area contributed by atoms with Crippen LogP contribution in [0.25, 0.3) is 0 Å². The van der Waals surface area contributed by atoms with Crippen LogP contribution in [0.1, 0.15) is 17.4 Å². The maximum Gasteiger partial charge on any atom is 0.268 e. The Hall–Kier alpha value is -1.53. The van der Waals surface area contributed by atoms with Crippen LogP contribution in [0.5, 0.6) is 0 Å². The highest BCUT2D eigenvalue weighted by atomic mass is 16.3. The smallest absolute Gasteiger partial charge is 0.268 e. The molecule has 0 aliphatic heterocycles. The van der Waals surface area contributed by atoms with Crippen LogP contribution in [0.4, 0.5) is 5.69 Å². The minimum Gasteiger partial charge on any atom is -0.397 e. The Balaban J connectivity index is 2.65. The van der Waals surface area contributed by atoms with Gasteiger partial charge in [-0.25, -0.2) is 0 Å². The van der Waals surface area contributed by atoms with E-state index >= 15 is 0 Å². The summed E-state index contributed by atoms with van der Waals surface area (Å²) in [5, 5.41) is 20.2. The Bertz CT molecular complexity index is 362. The molecule has 1 atom stereocenters. The van der Waals surface area contributed by atoms with Crippen molar-refractivity contribution in [3.63, 3.8) is 0 Å². The number of nitrogens with one attached hydrogen (secondary N) is 1. The third-order valence-corrected chi connectivity index (χ3v) is 2.20. The van der Waals surface area contributed by atoms with Crippen LogP contribution in [0.3, 0.4) is 0 Å². The molecule has 1 rings (SSSR count). The zero-order valence-electron chi connectivity index (χ0n) is 9.18. The second-order valence-corrected chi connectivity index (χ2v) is 3.49. The van der Waals surface area contributed by atoms with Gasteiger partial charge >= 0.3 is 0 Å². The molecule has 0 bridgehead atoms. The summed E-state index contributed by atoms with van der Waals surface area (Å²) in [6, 6.07) is 1.57. The van der Waals surface area contributed by atoms with Crippen molar-refractivity contribution < 1.29 is 15.0 Å². The second-order valence-electron chi connectivity index (χ2n) is 3.49. The van der Waals surface area contributed by atoms with Gasteiger partial charge in [-0.2, -0.15) is 0 Å². The SMILES string of the molecule is CCn1cc(N)cc1C(=O)NCC(O)CO. The summed E-state index contributed by atoms with van der Waals surface area (Å²) < 4.78 is 1.72. The van der Waals surface area contributed by atoms with Crippen molar-refractivity contribution in [3.05, 3.63) is 18.0 Å². The number of rotatable bonds is 5. The highest BCUT2D eigenvalue weighted by Crippen LogP contribution is 2.10. The lowest BCUT2D eigenvalue weighted by Crippen LogP contribution is -2.34. The van der Waals surface area contributed by atoms with Crippen molar-refractivity contribution in [3.8, 4) is 0 Å². The lowest BCUT2D eigenvalue weighted by atomic mass is 10.3. The Morgan fingerprint density at radius 2 is 2.38 bits per heavy atom. The van der Waals surface area contributed by atoms with Gasteiger partial charge in [-0.05, 0) is 13.0 Å². The van der Waals surface area contributed by atoms with Crippen molar-refractivity contribution in [2.45, 2.75) is 19.6 Å². The van der Waals surface area contributed by atoms with Gasteiger partial charge in [0.15, 0.2) is 0 Å². The van der Waals surface area contributed by atoms with Gasteiger partial charge in [0.2, 0.25) is 0 Å². The van der Waals surface area contributed by atoms with E-state index in [0.717, 1.165) is 0 Å². The highest BCUT2D eigenvalue weighted by Gasteiger charge is 2.12. The third-order valence-electron chi connectivity index (χ3n) is 2.20. The number of aliphatic hydroxyl groups excluding tert-OH is 2. The fraction of sp³-hybridized carbons (Fsp3) is 0.500. The molecule has 0 aliphatic carbocycles. The average molecular weight is 227 g/mol. The molecule has 0 aromatic carbocycles. The topological polar surface area (TPSA) is 101 Å². The first-order chi connectivity index (χ1) is 7.58. The molecule has 1 amide bonds. The summed E-state index contributed by atoms with van der Waals surface area (Å²) >= 11 is 0. The minimum absolute atomic E-state index is 0.0180. The predicted molar refractivity (Wildman–Crippen MR) is 59.9 cm³/mol. The fourth-order valence-corrected chi connectivity index (χ4v) is 1.35. The first kappa shape index (κ1) is 12.5. The van der Waals surface area contributed by atoms with Crippen LogP contribution in [0.15, 0.2) is 12.3 Å². The van der Waals surface area contributed by atoms with E-state index in [0.29, 0.717) is 17.9 Å². The van der Waals surface area contributed by atoms with E-state index in [-0.39, 0.29) is 19.1 Å². The molecule has 0 spiro atoms. The van der Waals surface area contributed by atoms with Gasteiger partial charge in [0.25, 0.3) is 5.91 Å². The van der Waals surface area contributed by atoms with Crippen LogP contribution in [0.2, 0.25) is 0 Å². The van der Waals surface area contributed by atoms with Gasteiger partial charge in [-0.1, -0.05) is 0 Å². The number of nitrogen functional groups attached to an aromatic ring is 1. The average Bonchev–Trinajstić information content (AvgIpc) is 2.66. The molecule has 6 heteroatoms. The van der Waals surface area contributed by atoms with E-state index in [1.165, 1.54) is 0 Å². The van der Waals surface area contributed by atoms with E-state index in [2.05, 4.69) is 5.32 Å². The van der Waals surface area contributed by atoms with E-state index in [4.69, 9.17) is 15.9 Å². The van der Waals surface area contributed by atoms with E-state index in [1.54, 1.807) is 16.8 Å². The number of nitrogens with zero attached hydrogens (tertiary/aromatic N) is 1. The largest absolute Gasteiger partial charge is 0.397 e.